The number of aromatic nitrogens is 2. The van der Waals surface area contributed by atoms with Crippen LogP contribution in [0.5, 0.6) is 0 Å². The molecule has 1 saturated heterocycles. The Morgan fingerprint density at radius 1 is 1.21 bits per heavy atom. The quantitative estimate of drug-likeness (QED) is 0.720. The molecule has 0 bridgehead atoms. The summed E-state index contributed by atoms with van der Waals surface area (Å²) in [5, 5.41) is 5.64. The molecule has 152 valence electrons. The smallest absolute Gasteiger partial charge is 0.232 e. The molecule has 9 heteroatoms. The Kier molecular flexibility index (Phi) is 5.06. The Morgan fingerprint density at radius 3 is 2.59 bits per heavy atom. The largest absolute Gasteiger partial charge is 0.383 e. The molecule has 1 fully saturated rings. The molecule has 2 aliphatic rings. The van der Waals surface area contributed by atoms with Crippen molar-refractivity contribution in [2.75, 3.05) is 47.6 Å². The van der Waals surface area contributed by atoms with E-state index in [9.17, 15) is 9.59 Å². The fourth-order valence-corrected chi connectivity index (χ4v) is 3.79. The van der Waals surface area contributed by atoms with E-state index in [0.717, 1.165) is 11.1 Å². The summed E-state index contributed by atoms with van der Waals surface area (Å²) in [7, 11) is 0. The van der Waals surface area contributed by atoms with Crippen molar-refractivity contribution in [3.8, 4) is 0 Å². The number of rotatable bonds is 3. The third kappa shape index (κ3) is 4.00. The van der Waals surface area contributed by atoms with Crippen LogP contribution in [0.4, 0.5) is 23.3 Å². The van der Waals surface area contributed by atoms with Crippen LogP contribution in [0.25, 0.3) is 0 Å². The van der Waals surface area contributed by atoms with E-state index in [1.807, 2.05) is 36.9 Å². The Bertz CT molecular complexity index is 951. The van der Waals surface area contributed by atoms with Gasteiger partial charge in [0, 0.05) is 25.2 Å². The van der Waals surface area contributed by atoms with Crippen molar-refractivity contribution in [2.45, 2.75) is 26.2 Å². The molecule has 3 heterocycles. The second kappa shape index (κ2) is 7.67. The Labute approximate surface area is 168 Å². The monoisotopic (exact) mass is 396 g/mol. The van der Waals surface area contributed by atoms with Crippen LogP contribution >= 0.6 is 0 Å². The molecule has 1 aromatic carbocycles. The normalized spacial score (nSPS) is 18.8. The van der Waals surface area contributed by atoms with Crippen molar-refractivity contribution < 1.29 is 14.3 Å². The zero-order chi connectivity index (χ0) is 20.5. The molecule has 4 rings (SSSR count). The summed E-state index contributed by atoms with van der Waals surface area (Å²) in [4.78, 5) is 36.1. The van der Waals surface area contributed by atoms with Gasteiger partial charge in [-0.2, -0.15) is 9.97 Å². The zero-order valence-corrected chi connectivity index (χ0v) is 16.5. The van der Waals surface area contributed by atoms with Gasteiger partial charge in [0.05, 0.1) is 24.7 Å². The average molecular weight is 396 g/mol. The van der Waals surface area contributed by atoms with E-state index in [1.54, 1.807) is 0 Å². The van der Waals surface area contributed by atoms with Crippen LogP contribution in [0.1, 0.15) is 29.0 Å². The van der Waals surface area contributed by atoms with Crippen molar-refractivity contribution in [1.29, 1.82) is 0 Å². The first-order chi connectivity index (χ1) is 13.9. The number of amides is 2. The maximum absolute atomic E-state index is 13.0. The highest BCUT2D eigenvalue weighted by Gasteiger charge is 2.35. The van der Waals surface area contributed by atoms with Crippen LogP contribution in [-0.4, -0.2) is 48.1 Å². The van der Waals surface area contributed by atoms with Gasteiger partial charge in [0.15, 0.2) is 0 Å². The van der Waals surface area contributed by atoms with Crippen LogP contribution in [-0.2, 0) is 14.3 Å². The summed E-state index contributed by atoms with van der Waals surface area (Å²) >= 11 is 0. The first-order valence-corrected chi connectivity index (χ1v) is 9.60. The number of fused-ring (bicyclic) bond motifs is 1. The molecule has 0 radical (unpaired) electrons. The number of ether oxygens (including phenoxy) is 1. The summed E-state index contributed by atoms with van der Waals surface area (Å²) in [6, 6.07) is 5.80. The van der Waals surface area contributed by atoms with E-state index in [0.29, 0.717) is 49.3 Å². The van der Waals surface area contributed by atoms with Crippen molar-refractivity contribution in [1.82, 2.24) is 9.97 Å². The topological polar surface area (TPSA) is 122 Å². The Morgan fingerprint density at radius 2 is 1.90 bits per heavy atom. The fourth-order valence-electron chi connectivity index (χ4n) is 3.79. The van der Waals surface area contributed by atoms with Gasteiger partial charge in [-0.15, -0.1) is 0 Å². The first-order valence-electron chi connectivity index (χ1n) is 9.60. The van der Waals surface area contributed by atoms with Crippen LogP contribution in [0.15, 0.2) is 18.2 Å². The van der Waals surface area contributed by atoms with Gasteiger partial charge in [-0.1, -0.05) is 6.07 Å². The van der Waals surface area contributed by atoms with Gasteiger partial charge in [0.2, 0.25) is 17.8 Å². The summed E-state index contributed by atoms with van der Waals surface area (Å²) in [6.45, 7) is 6.36. The number of morpholine rings is 1. The SMILES string of the molecule is Cc1cc(C)cc(NC(=O)[C@@H]2CC(=O)Nc3nc(N4CCOCC4)nc(N)c32)c1. The van der Waals surface area contributed by atoms with Gasteiger partial charge < -0.3 is 26.0 Å². The minimum atomic E-state index is -0.752. The number of hydrogen-bond acceptors (Lipinski definition) is 7. The standard InChI is InChI=1S/C20H24N6O3/c1-11-7-12(2)9-13(8-11)22-19(28)14-10-15(27)23-18-16(14)17(21)24-20(25-18)26-3-5-29-6-4-26/h7-9,14H,3-6,10H2,1-2H3,(H,22,28)(H3,21,23,24,25,27)/t14-/m1/s1. The fraction of sp³-hybridized carbons (Fsp3) is 0.400. The predicted octanol–water partition coefficient (Wildman–Crippen LogP) is 1.58. The molecule has 0 aliphatic carbocycles. The molecule has 0 spiro atoms. The number of anilines is 4. The van der Waals surface area contributed by atoms with Gasteiger partial charge in [-0.25, -0.2) is 0 Å². The molecular weight excluding hydrogens is 372 g/mol. The highest BCUT2D eigenvalue weighted by molar-refractivity contribution is 6.05. The van der Waals surface area contributed by atoms with Gasteiger partial charge in [0.1, 0.15) is 11.6 Å². The number of carbonyl (C=O) groups is 2. The van der Waals surface area contributed by atoms with Crippen molar-refractivity contribution in [2.24, 2.45) is 0 Å². The lowest BCUT2D eigenvalue weighted by Gasteiger charge is -2.30. The molecule has 1 atom stereocenters. The average Bonchev–Trinajstić information content (AvgIpc) is 2.66. The number of nitrogens with two attached hydrogens (primary N) is 1. The first kappa shape index (κ1) is 19.1. The lowest BCUT2D eigenvalue weighted by Crippen LogP contribution is -2.38. The number of nitrogens with one attached hydrogen (secondary N) is 2. The van der Waals surface area contributed by atoms with E-state index in [2.05, 4.69) is 20.6 Å². The summed E-state index contributed by atoms with van der Waals surface area (Å²) in [5.74, 6) is -0.393. The van der Waals surface area contributed by atoms with Crippen molar-refractivity contribution >= 4 is 35.1 Å². The number of nitrogens with zero attached hydrogens (tertiary/aromatic N) is 3. The van der Waals surface area contributed by atoms with E-state index in [1.165, 1.54) is 0 Å². The molecule has 2 aromatic rings. The Hall–Kier alpha value is -3.20. The third-order valence-electron chi connectivity index (χ3n) is 5.06. The maximum Gasteiger partial charge on any atom is 0.232 e. The highest BCUT2D eigenvalue weighted by Crippen LogP contribution is 2.36. The van der Waals surface area contributed by atoms with Gasteiger partial charge in [-0.3, -0.25) is 9.59 Å². The van der Waals surface area contributed by atoms with Crippen LogP contribution in [0, 0.1) is 13.8 Å². The van der Waals surface area contributed by atoms with Crippen LogP contribution in [0.3, 0.4) is 0 Å². The molecule has 2 amide bonds. The lowest BCUT2D eigenvalue weighted by atomic mass is 9.91. The molecule has 4 N–H and O–H groups in total. The molecule has 29 heavy (non-hydrogen) atoms. The number of hydrogen-bond donors (Lipinski definition) is 3. The van der Waals surface area contributed by atoms with Crippen LogP contribution < -0.4 is 21.3 Å². The second-order valence-electron chi connectivity index (χ2n) is 7.44. The van der Waals surface area contributed by atoms with E-state index in [4.69, 9.17) is 10.5 Å². The minimum Gasteiger partial charge on any atom is -0.383 e. The second-order valence-corrected chi connectivity index (χ2v) is 7.44. The molecule has 2 aliphatic heterocycles. The molecule has 1 aromatic heterocycles. The van der Waals surface area contributed by atoms with Crippen LogP contribution in [0.2, 0.25) is 0 Å². The predicted molar refractivity (Wildman–Crippen MR) is 110 cm³/mol. The summed E-state index contributed by atoms with van der Waals surface area (Å²) < 4.78 is 5.35. The molecule has 0 saturated carbocycles. The summed E-state index contributed by atoms with van der Waals surface area (Å²) in [6.07, 6.45) is -0.00586. The number of nitrogen functional groups attached to an aromatic ring is 1. The third-order valence-corrected chi connectivity index (χ3v) is 5.06. The summed E-state index contributed by atoms with van der Waals surface area (Å²) in [5.41, 5.74) is 9.45. The van der Waals surface area contributed by atoms with E-state index < -0.39 is 5.92 Å². The van der Waals surface area contributed by atoms with E-state index in [-0.39, 0.29) is 24.1 Å². The molecule has 9 nitrogen and oxygen atoms in total. The van der Waals surface area contributed by atoms with Gasteiger partial charge in [-0.05, 0) is 37.1 Å². The van der Waals surface area contributed by atoms with Crippen molar-refractivity contribution in [3.63, 3.8) is 0 Å². The lowest BCUT2D eigenvalue weighted by molar-refractivity contribution is -0.123. The number of aryl methyl sites for hydroxylation is 2. The Balaban J connectivity index is 1.64. The maximum atomic E-state index is 13.0. The number of benzene rings is 1. The number of carbonyl (C=O) groups excluding carboxylic acids is 2. The van der Waals surface area contributed by atoms with Crippen molar-refractivity contribution in [3.05, 3.63) is 34.9 Å². The van der Waals surface area contributed by atoms with Gasteiger partial charge in [0.25, 0.3) is 0 Å². The van der Waals surface area contributed by atoms with Gasteiger partial charge >= 0.3 is 0 Å². The highest BCUT2D eigenvalue weighted by atomic mass is 16.5. The van der Waals surface area contributed by atoms with E-state index >= 15 is 0 Å². The molecule has 0 unspecified atom stereocenters. The molecular formula is C20H24N6O3. The zero-order valence-electron chi connectivity index (χ0n) is 16.5. The minimum absolute atomic E-state index is 0.00586.